The number of esters is 1. The number of carbonyl (C=O) groups is 1. The van der Waals surface area contributed by atoms with E-state index in [1.54, 1.807) is 0 Å². The first-order valence-corrected chi connectivity index (χ1v) is 5.13. The number of fused-ring (bicyclic) bond motifs is 1. The van der Waals surface area contributed by atoms with Gasteiger partial charge in [0.05, 0.1) is 12.0 Å². The van der Waals surface area contributed by atoms with Gasteiger partial charge in [-0.2, -0.15) is 0 Å². The molecule has 2 bridgehead atoms. The van der Waals surface area contributed by atoms with E-state index < -0.39 is 0 Å². The molecule has 0 aromatic carbocycles. The highest BCUT2D eigenvalue weighted by Crippen LogP contribution is 2.58. The van der Waals surface area contributed by atoms with Gasteiger partial charge in [-0.3, -0.25) is 4.79 Å². The fourth-order valence-corrected chi connectivity index (χ4v) is 3.63. The van der Waals surface area contributed by atoms with Crippen LogP contribution in [0.2, 0.25) is 0 Å². The first kappa shape index (κ1) is 9.00. The molecular formula is C9H11N3O3. The van der Waals surface area contributed by atoms with Crippen molar-refractivity contribution in [2.24, 2.45) is 28.8 Å². The van der Waals surface area contributed by atoms with Crippen LogP contribution in [0, 0.1) is 23.7 Å². The van der Waals surface area contributed by atoms with Gasteiger partial charge in [-0.05, 0) is 23.8 Å². The fraction of sp³-hybridized carbons (Fsp3) is 0.889. The topological polar surface area (TPSA) is 95.3 Å². The Morgan fingerprint density at radius 1 is 1.60 bits per heavy atom. The molecular weight excluding hydrogens is 198 g/mol. The third kappa shape index (κ3) is 0.931. The quantitative estimate of drug-likeness (QED) is 0.310. The maximum absolute atomic E-state index is 11.5. The van der Waals surface area contributed by atoms with Gasteiger partial charge in [0.2, 0.25) is 0 Å². The highest BCUT2D eigenvalue weighted by molar-refractivity contribution is 5.77. The second-order valence-corrected chi connectivity index (χ2v) is 4.53. The van der Waals surface area contributed by atoms with E-state index in [-0.39, 0.29) is 48.4 Å². The van der Waals surface area contributed by atoms with Crippen LogP contribution < -0.4 is 0 Å². The number of aliphatic hydroxyl groups is 1. The molecule has 2 aliphatic carbocycles. The number of carbonyl (C=O) groups excluding carboxylic acids is 1. The number of hydrogen-bond donors (Lipinski definition) is 1. The molecule has 6 heteroatoms. The molecule has 0 amide bonds. The van der Waals surface area contributed by atoms with Crippen LogP contribution in [0.1, 0.15) is 6.42 Å². The van der Waals surface area contributed by atoms with Gasteiger partial charge in [0.25, 0.3) is 0 Å². The second kappa shape index (κ2) is 2.87. The minimum Gasteiger partial charge on any atom is -0.461 e. The monoisotopic (exact) mass is 209 g/mol. The lowest BCUT2D eigenvalue weighted by atomic mass is 9.78. The molecule has 3 aliphatic rings. The predicted octanol–water partition coefficient (Wildman–Crippen LogP) is 0.465. The summed E-state index contributed by atoms with van der Waals surface area (Å²) in [5, 5.41) is 13.0. The van der Waals surface area contributed by atoms with Gasteiger partial charge in [-0.15, -0.1) is 0 Å². The van der Waals surface area contributed by atoms with Gasteiger partial charge in [0, 0.05) is 17.4 Å². The van der Waals surface area contributed by atoms with Crippen LogP contribution in [-0.4, -0.2) is 29.8 Å². The van der Waals surface area contributed by atoms with E-state index >= 15 is 0 Å². The van der Waals surface area contributed by atoms with Gasteiger partial charge in [0.1, 0.15) is 6.10 Å². The summed E-state index contributed by atoms with van der Waals surface area (Å²) < 4.78 is 5.22. The molecule has 0 unspecified atom stereocenters. The smallest absolute Gasteiger partial charge is 0.310 e. The van der Waals surface area contributed by atoms with Crippen molar-refractivity contribution in [1.82, 2.24) is 0 Å². The Morgan fingerprint density at radius 3 is 3.07 bits per heavy atom. The van der Waals surface area contributed by atoms with Crippen LogP contribution in [0.3, 0.4) is 0 Å². The van der Waals surface area contributed by atoms with Crippen LogP contribution >= 0.6 is 0 Å². The molecule has 15 heavy (non-hydrogen) atoms. The number of rotatable bonds is 2. The summed E-state index contributed by atoms with van der Waals surface area (Å²) in [6.45, 7) is -0.0227. The fourth-order valence-electron chi connectivity index (χ4n) is 3.63. The van der Waals surface area contributed by atoms with Crippen molar-refractivity contribution in [2.45, 2.75) is 18.6 Å². The number of azide groups is 1. The van der Waals surface area contributed by atoms with Crippen LogP contribution in [0.4, 0.5) is 0 Å². The molecule has 0 aromatic rings. The molecule has 1 aliphatic heterocycles. The number of hydrogen-bond acceptors (Lipinski definition) is 4. The molecule has 1 heterocycles. The Labute approximate surface area is 85.8 Å². The van der Waals surface area contributed by atoms with Gasteiger partial charge in [-0.25, -0.2) is 0 Å². The van der Waals surface area contributed by atoms with Crippen molar-refractivity contribution >= 4 is 5.97 Å². The van der Waals surface area contributed by atoms with E-state index in [4.69, 9.17) is 10.3 Å². The lowest BCUT2D eigenvalue weighted by Crippen LogP contribution is -2.37. The zero-order chi connectivity index (χ0) is 10.6. The maximum Gasteiger partial charge on any atom is 0.310 e. The normalized spacial score (nSPS) is 50.3. The average Bonchev–Trinajstić information content (AvgIpc) is 2.80. The van der Waals surface area contributed by atoms with E-state index in [0.29, 0.717) is 0 Å². The molecule has 1 saturated heterocycles. The summed E-state index contributed by atoms with van der Waals surface area (Å²) in [7, 11) is 0. The Bertz CT molecular complexity index is 366. The van der Waals surface area contributed by atoms with E-state index in [9.17, 15) is 9.90 Å². The molecule has 3 fully saturated rings. The highest BCUT2D eigenvalue weighted by atomic mass is 16.6. The minimum atomic E-state index is -0.264. The second-order valence-electron chi connectivity index (χ2n) is 4.53. The Kier molecular flexibility index (Phi) is 1.72. The zero-order valence-corrected chi connectivity index (χ0v) is 7.98. The summed E-state index contributed by atoms with van der Waals surface area (Å²) in [6, 6.07) is -0.264. The van der Waals surface area contributed by atoms with Crippen molar-refractivity contribution in [3.63, 3.8) is 0 Å². The summed E-state index contributed by atoms with van der Waals surface area (Å²) >= 11 is 0. The van der Waals surface area contributed by atoms with Gasteiger partial charge in [0.15, 0.2) is 0 Å². The molecule has 6 atom stereocenters. The molecule has 0 spiro atoms. The molecule has 2 saturated carbocycles. The van der Waals surface area contributed by atoms with Crippen molar-refractivity contribution in [2.75, 3.05) is 6.61 Å². The van der Waals surface area contributed by atoms with Crippen molar-refractivity contribution < 1.29 is 14.6 Å². The molecule has 0 radical (unpaired) electrons. The van der Waals surface area contributed by atoms with Crippen LogP contribution in [0.5, 0.6) is 0 Å². The van der Waals surface area contributed by atoms with E-state index in [2.05, 4.69) is 10.0 Å². The molecule has 6 nitrogen and oxygen atoms in total. The summed E-state index contributed by atoms with van der Waals surface area (Å²) in [5.41, 5.74) is 8.46. The van der Waals surface area contributed by atoms with Crippen LogP contribution in [0.15, 0.2) is 5.11 Å². The lowest BCUT2D eigenvalue weighted by Gasteiger charge is -2.27. The number of aliphatic hydroxyl groups excluding tert-OH is 1. The maximum atomic E-state index is 11.5. The molecule has 80 valence electrons. The van der Waals surface area contributed by atoms with Crippen molar-refractivity contribution in [3.05, 3.63) is 10.4 Å². The minimum absolute atomic E-state index is 0.0227. The standard InChI is InChI=1S/C9H11N3O3/c10-12-11-7-3-1-4-6(5(3)2-13)9(14)15-8(4)7/h3-8,13H,1-2H2/t3-,4+,5-,6+,7-,8-/m0/s1. The van der Waals surface area contributed by atoms with E-state index in [0.717, 1.165) is 6.42 Å². The Hall–Kier alpha value is -1.26. The summed E-state index contributed by atoms with van der Waals surface area (Å²) in [4.78, 5) is 14.3. The van der Waals surface area contributed by atoms with Gasteiger partial charge < -0.3 is 9.84 Å². The molecule has 1 N–H and O–H groups in total. The first-order chi connectivity index (χ1) is 7.27. The number of nitrogens with zero attached hydrogens (tertiary/aromatic N) is 3. The average molecular weight is 209 g/mol. The first-order valence-electron chi connectivity index (χ1n) is 5.13. The highest BCUT2D eigenvalue weighted by Gasteiger charge is 2.65. The number of ether oxygens (including phenoxy) is 1. The van der Waals surface area contributed by atoms with E-state index in [1.165, 1.54) is 0 Å². The summed E-state index contributed by atoms with van der Waals surface area (Å²) in [6.07, 6.45) is 0.613. The summed E-state index contributed by atoms with van der Waals surface area (Å²) in [5.74, 6) is -0.165. The largest absolute Gasteiger partial charge is 0.461 e. The van der Waals surface area contributed by atoms with Gasteiger partial charge in [-0.1, -0.05) is 5.11 Å². The third-order valence-electron chi connectivity index (χ3n) is 4.13. The van der Waals surface area contributed by atoms with Crippen LogP contribution in [-0.2, 0) is 9.53 Å². The SMILES string of the molecule is [N-]=[N+]=N[C@H]1[C@H]2C[C@H]3[C@@H]1OC(=O)[C@H]3[C@H]2CO. The Balaban J connectivity index is 2.00. The predicted molar refractivity (Wildman–Crippen MR) is 48.5 cm³/mol. The molecule has 0 aromatic heterocycles. The zero-order valence-electron chi connectivity index (χ0n) is 7.98. The molecule has 3 rings (SSSR count). The van der Waals surface area contributed by atoms with E-state index in [1.807, 2.05) is 0 Å². The van der Waals surface area contributed by atoms with Crippen LogP contribution in [0.25, 0.3) is 10.4 Å². The van der Waals surface area contributed by atoms with Crippen molar-refractivity contribution in [3.8, 4) is 0 Å². The van der Waals surface area contributed by atoms with Gasteiger partial charge >= 0.3 is 5.97 Å². The van der Waals surface area contributed by atoms with Crippen molar-refractivity contribution in [1.29, 1.82) is 0 Å². The lowest BCUT2D eigenvalue weighted by molar-refractivity contribution is -0.144. The Morgan fingerprint density at radius 2 is 2.40 bits per heavy atom. The third-order valence-corrected chi connectivity index (χ3v) is 4.13.